The number of isocyanates is 1. The summed E-state index contributed by atoms with van der Waals surface area (Å²) in [5.74, 6) is -0.745. The maximum atomic E-state index is 11.7. The standard InChI is InChI=1S/C19H29N5O6.C13H19N5O3.C6H10O3/c1-13(2)16(26)29-10-11-30-19(28)21-9-7-5-4-6-8-20-18(27)24-17-22-14(3)12-15(25)23-17;1-10-8-11(20)17-12(16-10)18-13(21)15-7-5-3-2-4-6-14-9-19;1-5(2)6(8)9-4-3-7/h12H,1,4-11H2,2-3H3,(H,21,28)(H3,20,22,23,24,25,27);8H,2-7H2,1H3,(H3,15,16,17,18,20,21);7H,1,3-4H2,2H3. The zero-order chi connectivity index (χ0) is 45.1. The number of aliphatic hydroxyl groups is 1. The number of amides is 5. The van der Waals surface area contributed by atoms with Crippen LogP contribution in [-0.4, -0.2) is 114 Å². The second kappa shape index (κ2) is 33.3. The quantitative estimate of drug-likeness (QED) is 0.0199. The lowest BCUT2D eigenvalue weighted by Gasteiger charge is -2.08. The third-order valence-corrected chi connectivity index (χ3v) is 6.98. The number of carbonyl (C=O) groups excluding carboxylic acids is 6. The van der Waals surface area contributed by atoms with E-state index in [9.17, 15) is 38.4 Å². The Morgan fingerprint density at radius 1 is 0.683 bits per heavy atom. The topological polar surface area (TPSA) is 314 Å². The van der Waals surface area contributed by atoms with E-state index in [-0.39, 0.29) is 55.0 Å². The average Bonchev–Trinajstić information content (AvgIpc) is 3.17. The molecule has 2 heterocycles. The van der Waals surface area contributed by atoms with Gasteiger partial charge in [0, 0.05) is 54.3 Å². The minimum absolute atomic E-state index is 0.0181. The van der Waals surface area contributed by atoms with E-state index in [1.54, 1.807) is 20.8 Å². The molecule has 0 aliphatic heterocycles. The van der Waals surface area contributed by atoms with Crippen LogP contribution in [0.25, 0.3) is 0 Å². The summed E-state index contributed by atoms with van der Waals surface area (Å²) in [4.78, 5) is 105. The number of nitrogens with one attached hydrogen (secondary N) is 7. The Labute approximate surface area is 347 Å². The predicted octanol–water partition coefficient (Wildman–Crippen LogP) is 2.80. The zero-order valence-corrected chi connectivity index (χ0v) is 34.7. The second-order valence-electron chi connectivity index (χ2n) is 12.7. The highest BCUT2D eigenvalue weighted by Gasteiger charge is 2.07. The van der Waals surface area contributed by atoms with E-state index in [1.807, 2.05) is 0 Å². The monoisotopic (exact) mass is 846 g/mol. The van der Waals surface area contributed by atoms with Crippen LogP contribution in [0.5, 0.6) is 0 Å². The summed E-state index contributed by atoms with van der Waals surface area (Å²) in [6.45, 7) is 15.1. The highest BCUT2D eigenvalue weighted by molar-refractivity contribution is 5.88. The first kappa shape index (κ1) is 53.3. The SMILES string of the molecule is C=C(C)C(=O)OCCO.C=C(C)C(=O)OCCOC(=O)NCCCCCCNC(=O)Nc1nc(C)cc(=O)[nH]1.Cc1cc(=O)[nH]c(NC(=O)NCCCCCCN=C=O)n1. The van der Waals surface area contributed by atoms with Crippen molar-refractivity contribution in [3.8, 4) is 0 Å². The van der Waals surface area contributed by atoms with Crippen molar-refractivity contribution in [2.45, 2.75) is 79.1 Å². The molecule has 8 N–H and O–H groups in total. The lowest BCUT2D eigenvalue weighted by atomic mass is 10.2. The summed E-state index contributed by atoms with van der Waals surface area (Å²) in [6, 6.07) is 1.83. The molecule has 22 heteroatoms. The third kappa shape index (κ3) is 30.5. The molecule has 332 valence electrons. The first-order valence-electron chi connectivity index (χ1n) is 19.0. The molecule has 22 nitrogen and oxygen atoms in total. The molecule has 2 aromatic rings. The summed E-state index contributed by atoms with van der Waals surface area (Å²) < 4.78 is 14.1. The second-order valence-corrected chi connectivity index (χ2v) is 12.7. The number of aromatic nitrogens is 4. The Morgan fingerprint density at radius 3 is 1.52 bits per heavy atom. The number of aryl methyl sites for hydroxylation is 2. The smallest absolute Gasteiger partial charge is 0.407 e. The number of esters is 2. The molecule has 2 aromatic heterocycles. The molecule has 60 heavy (non-hydrogen) atoms. The van der Waals surface area contributed by atoms with E-state index in [4.69, 9.17) is 14.6 Å². The Balaban J connectivity index is 0.00000100. The number of ether oxygens (including phenoxy) is 3. The molecule has 0 radical (unpaired) electrons. The molecule has 0 atom stereocenters. The fraction of sp³-hybridized carbons (Fsp3) is 0.526. The number of rotatable bonds is 23. The van der Waals surface area contributed by atoms with E-state index in [0.717, 1.165) is 51.4 Å². The molecule has 0 spiro atoms. The minimum Gasteiger partial charge on any atom is -0.460 e. The van der Waals surface area contributed by atoms with Gasteiger partial charge in [0.05, 0.1) is 13.2 Å². The molecular weight excluding hydrogens is 788 g/mol. The van der Waals surface area contributed by atoms with Crippen molar-refractivity contribution in [2.24, 2.45) is 4.99 Å². The molecule has 0 aliphatic carbocycles. The number of carbonyl (C=O) groups is 5. The van der Waals surface area contributed by atoms with E-state index >= 15 is 0 Å². The number of nitrogens with zero attached hydrogens (tertiary/aromatic N) is 3. The molecule has 0 saturated carbocycles. The summed E-state index contributed by atoms with van der Waals surface area (Å²) in [7, 11) is 0. The van der Waals surface area contributed by atoms with Gasteiger partial charge in [-0.15, -0.1) is 0 Å². The molecule has 0 unspecified atom stereocenters. The Kier molecular flexibility index (Phi) is 29.6. The minimum atomic E-state index is -0.567. The lowest BCUT2D eigenvalue weighted by Crippen LogP contribution is -2.31. The fourth-order valence-electron chi connectivity index (χ4n) is 4.20. The van der Waals surface area contributed by atoms with Gasteiger partial charge in [-0.25, -0.2) is 43.7 Å². The normalized spacial score (nSPS) is 9.75. The van der Waals surface area contributed by atoms with Gasteiger partial charge in [-0.05, 0) is 53.4 Å². The molecule has 0 fully saturated rings. The van der Waals surface area contributed by atoms with Crippen LogP contribution in [0.3, 0.4) is 0 Å². The zero-order valence-electron chi connectivity index (χ0n) is 34.7. The molecule has 0 saturated heterocycles. The molecule has 0 aromatic carbocycles. The molecular formula is C38H58N10O12. The van der Waals surface area contributed by atoms with Gasteiger partial charge in [-0.3, -0.25) is 30.2 Å². The van der Waals surface area contributed by atoms with E-state index in [1.165, 1.54) is 25.1 Å². The number of aromatic amines is 2. The van der Waals surface area contributed by atoms with Gasteiger partial charge in [-0.2, -0.15) is 0 Å². The number of unbranched alkanes of at least 4 members (excludes halogenated alkanes) is 6. The van der Waals surface area contributed by atoms with Gasteiger partial charge < -0.3 is 35.3 Å². The van der Waals surface area contributed by atoms with Crippen LogP contribution < -0.4 is 37.7 Å². The summed E-state index contributed by atoms with van der Waals surface area (Å²) in [5, 5.41) is 21.1. The first-order valence-corrected chi connectivity index (χ1v) is 19.0. The van der Waals surface area contributed by atoms with Gasteiger partial charge in [0.25, 0.3) is 11.1 Å². The van der Waals surface area contributed by atoms with Crippen LogP contribution >= 0.6 is 0 Å². The Bertz CT molecular complexity index is 1840. The van der Waals surface area contributed by atoms with Crippen LogP contribution in [0.1, 0.15) is 76.6 Å². The molecule has 2 rings (SSSR count). The van der Waals surface area contributed by atoms with Crippen LogP contribution in [0, 0.1) is 13.8 Å². The fourth-order valence-corrected chi connectivity index (χ4v) is 4.20. The van der Waals surface area contributed by atoms with Crippen molar-refractivity contribution in [2.75, 3.05) is 63.2 Å². The van der Waals surface area contributed by atoms with Gasteiger partial charge in [-0.1, -0.05) is 38.8 Å². The van der Waals surface area contributed by atoms with E-state index in [2.05, 4.69) is 69.4 Å². The highest BCUT2D eigenvalue weighted by Crippen LogP contribution is 2.01. The van der Waals surface area contributed by atoms with E-state index in [0.29, 0.717) is 43.1 Å². The van der Waals surface area contributed by atoms with Crippen molar-refractivity contribution < 1.29 is 48.1 Å². The number of aliphatic hydroxyl groups excluding tert-OH is 1. The van der Waals surface area contributed by atoms with Crippen LogP contribution in [0.4, 0.5) is 26.3 Å². The summed E-state index contributed by atoms with van der Waals surface area (Å²) >= 11 is 0. The molecule has 0 bridgehead atoms. The first-order chi connectivity index (χ1) is 28.6. The number of urea groups is 2. The number of aliphatic imine (C=N–C) groups is 1. The highest BCUT2D eigenvalue weighted by atomic mass is 16.6. The molecule has 5 amide bonds. The van der Waals surface area contributed by atoms with Gasteiger partial charge in [0.2, 0.25) is 18.0 Å². The largest absolute Gasteiger partial charge is 0.460 e. The van der Waals surface area contributed by atoms with Gasteiger partial charge >= 0.3 is 30.1 Å². The average molecular weight is 847 g/mol. The molecule has 0 aliphatic rings. The number of hydrogen-bond acceptors (Lipinski definition) is 15. The third-order valence-electron chi connectivity index (χ3n) is 6.98. The van der Waals surface area contributed by atoms with E-state index < -0.39 is 30.1 Å². The van der Waals surface area contributed by atoms with Crippen molar-refractivity contribution in [1.29, 1.82) is 0 Å². The van der Waals surface area contributed by atoms with Crippen molar-refractivity contribution in [3.63, 3.8) is 0 Å². The number of H-pyrrole nitrogens is 2. The Morgan fingerprint density at radius 2 is 1.10 bits per heavy atom. The number of hydrogen-bond donors (Lipinski definition) is 8. The summed E-state index contributed by atoms with van der Waals surface area (Å²) in [6.07, 6.45) is 7.75. The predicted molar refractivity (Wildman–Crippen MR) is 221 cm³/mol. The Hall–Kier alpha value is -6.67. The number of alkyl carbamates (subject to hydrolysis) is 1. The summed E-state index contributed by atoms with van der Waals surface area (Å²) in [5.41, 5.74) is 1.04. The maximum Gasteiger partial charge on any atom is 0.407 e. The van der Waals surface area contributed by atoms with Gasteiger partial charge in [0.15, 0.2) is 0 Å². The van der Waals surface area contributed by atoms with Crippen molar-refractivity contribution in [3.05, 3.63) is 68.5 Å². The number of anilines is 2. The maximum absolute atomic E-state index is 11.7. The van der Waals surface area contributed by atoms with Crippen LogP contribution in [-0.2, 0) is 28.6 Å². The van der Waals surface area contributed by atoms with Crippen LogP contribution in [0.15, 0.2) is 51.0 Å². The lowest BCUT2D eigenvalue weighted by molar-refractivity contribution is -0.140. The van der Waals surface area contributed by atoms with Crippen molar-refractivity contribution in [1.82, 2.24) is 35.9 Å². The van der Waals surface area contributed by atoms with Gasteiger partial charge in [0.1, 0.15) is 19.8 Å². The van der Waals surface area contributed by atoms with Crippen molar-refractivity contribution >= 4 is 48.1 Å². The van der Waals surface area contributed by atoms with Crippen LogP contribution in [0.2, 0.25) is 0 Å².